The van der Waals surface area contributed by atoms with Crippen LogP contribution in [-0.2, 0) is 9.53 Å². The first-order valence-electron chi connectivity index (χ1n) is 6.22. The lowest BCUT2D eigenvalue weighted by atomic mass is 10.2. The van der Waals surface area contributed by atoms with E-state index in [1.807, 2.05) is 0 Å². The van der Waals surface area contributed by atoms with Crippen molar-refractivity contribution in [3.63, 3.8) is 0 Å². The summed E-state index contributed by atoms with van der Waals surface area (Å²) in [5.41, 5.74) is 0.198. The smallest absolute Gasteiger partial charge is 0.328 e. The summed E-state index contributed by atoms with van der Waals surface area (Å²) in [7, 11) is 0. The lowest BCUT2D eigenvalue weighted by molar-refractivity contribution is -0.147. The van der Waals surface area contributed by atoms with Gasteiger partial charge in [-0.2, -0.15) is 4.39 Å². The number of ether oxygens (including phenoxy) is 1. The second kappa shape index (κ2) is 5.77. The number of rotatable bonds is 3. The number of carbonyl (C=O) groups is 2. The maximum atomic E-state index is 13.0. The Labute approximate surface area is 110 Å². The molecule has 1 unspecified atom stereocenters. The molecule has 102 valence electrons. The highest BCUT2D eigenvalue weighted by molar-refractivity contribution is 5.97. The number of esters is 1. The van der Waals surface area contributed by atoms with E-state index in [0.717, 1.165) is 12.5 Å². The Hall–Kier alpha value is -1.98. The number of pyridine rings is 1. The van der Waals surface area contributed by atoms with Crippen molar-refractivity contribution in [3.05, 3.63) is 29.8 Å². The standard InChI is InChI=1S/C13H15FN2O3/c1-2-19-13(18)10-4-3-7-16(10)12(17)9-5-6-15-11(14)8-9/h5-6,8,10H,2-4,7H2,1H3. The van der Waals surface area contributed by atoms with E-state index in [4.69, 9.17) is 4.74 Å². The predicted octanol–water partition coefficient (Wildman–Crippen LogP) is 1.39. The van der Waals surface area contributed by atoms with Gasteiger partial charge in [-0.05, 0) is 25.8 Å². The molecule has 1 fully saturated rings. The van der Waals surface area contributed by atoms with Gasteiger partial charge in [0.25, 0.3) is 5.91 Å². The summed E-state index contributed by atoms with van der Waals surface area (Å²) < 4.78 is 18.0. The molecule has 1 amide bonds. The van der Waals surface area contributed by atoms with Crippen LogP contribution in [0.1, 0.15) is 30.1 Å². The molecule has 1 aromatic heterocycles. The largest absolute Gasteiger partial charge is 0.464 e. The van der Waals surface area contributed by atoms with Crippen LogP contribution in [-0.4, -0.2) is 41.0 Å². The normalized spacial score (nSPS) is 18.4. The van der Waals surface area contributed by atoms with E-state index in [2.05, 4.69) is 4.98 Å². The van der Waals surface area contributed by atoms with E-state index in [1.165, 1.54) is 17.2 Å². The van der Waals surface area contributed by atoms with Gasteiger partial charge in [-0.3, -0.25) is 4.79 Å². The number of carbonyl (C=O) groups excluding carboxylic acids is 2. The van der Waals surface area contributed by atoms with Gasteiger partial charge in [0.1, 0.15) is 6.04 Å². The van der Waals surface area contributed by atoms with E-state index in [1.54, 1.807) is 6.92 Å². The van der Waals surface area contributed by atoms with Gasteiger partial charge in [-0.1, -0.05) is 0 Å². The highest BCUT2D eigenvalue weighted by Crippen LogP contribution is 2.21. The lowest BCUT2D eigenvalue weighted by Crippen LogP contribution is -2.41. The Morgan fingerprint density at radius 1 is 1.58 bits per heavy atom. The lowest BCUT2D eigenvalue weighted by Gasteiger charge is -2.23. The van der Waals surface area contributed by atoms with Gasteiger partial charge in [-0.15, -0.1) is 0 Å². The topological polar surface area (TPSA) is 59.5 Å². The quantitative estimate of drug-likeness (QED) is 0.612. The fourth-order valence-electron chi connectivity index (χ4n) is 2.19. The molecule has 5 nitrogen and oxygen atoms in total. The summed E-state index contributed by atoms with van der Waals surface area (Å²) in [5.74, 6) is -1.47. The van der Waals surface area contributed by atoms with Crippen molar-refractivity contribution in [2.75, 3.05) is 13.2 Å². The first kappa shape index (κ1) is 13.5. The SMILES string of the molecule is CCOC(=O)C1CCCN1C(=O)c1ccnc(F)c1. The highest BCUT2D eigenvalue weighted by atomic mass is 19.1. The van der Waals surface area contributed by atoms with Crippen molar-refractivity contribution in [1.29, 1.82) is 0 Å². The average molecular weight is 266 g/mol. The molecule has 0 bridgehead atoms. The van der Waals surface area contributed by atoms with Crippen molar-refractivity contribution in [1.82, 2.24) is 9.88 Å². The van der Waals surface area contributed by atoms with Crippen LogP contribution in [0.2, 0.25) is 0 Å². The van der Waals surface area contributed by atoms with Gasteiger partial charge in [0.2, 0.25) is 5.95 Å². The van der Waals surface area contributed by atoms with Crippen LogP contribution in [0.25, 0.3) is 0 Å². The maximum absolute atomic E-state index is 13.0. The molecular weight excluding hydrogens is 251 g/mol. The second-order valence-electron chi connectivity index (χ2n) is 4.28. The highest BCUT2D eigenvalue weighted by Gasteiger charge is 2.35. The fourth-order valence-corrected chi connectivity index (χ4v) is 2.19. The van der Waals surface area contributed by atoms with Crippen LogP contribution in [0.4, 0.5) is 4.39 Å². The molecule has 1 saturated heterocycles. The van der Waals surface area contributed by atoms with Crippen LogP contribution < -0.4 is 0 Å². The van der Waals surface area contributed by atoms with Crippen LogP contribution in [0.5, 0.6) is 0 Å². The van der Waals surface area contributed by atoms with Crippen LogP contribution in [0.15, 0.2) is 18.3 Å². The number of halogens is 1. The molecule has 0 radical (unpaired) electrons. The summed E-state index contributed by atoms with van der Waals surface area (Å²) in [6.07, 6.45) is 2.55. The summed E-state index contributed by atoms with van der Waals surface area (Å²) in [5, 5.41) is 0. The van der Waals surface area contributed by atoms with Crippen molar-refractivity contribution < 1.29 is 18.7 Å². The van der Waals surface area contributed by atoms with Gasteiger partial charge in [-0.25, -0.2) is 9.78 Å². The minimum Gasteiger partial charge on any atom is -0.464 e. The number of hydrogen-bond acceptors (Lipinski definition) is 4. The monoisotopic (exact) mass is 266 g/mol. The second-order valence-corrected chi connectivity index (χ2v) is 4.28. The first-order chi connectivity index (χ1) is 9.13. The molecule has 2 rings (SSSR count). The number of hydrogen-bond donors (Lipinski definition) is 0. The van der Waals surface area contributed by atoms with Gasteiger partial charge in [0, 0.05) is 24.4 Å². The van der Waals surface area contributed by atoms with Crippen molar-refractivity contribution in [2.24, 2.45) is 0 Å². The number of aromatic nitrogens is 1. The Balaban J connectivity index is 2.16. The molecule has 0 saturated carbocycles. The van der Waals surface area contributed by atoms with E-state index < -0.39 is 18.0 Å². The van der Waals surface area contributed by atoms with Gasteiger partial charge in [0.15, 0.2) is 0 Å². The minimum atomic E-state index is -0.710. The number of likely N-dealkylation sites (tertiary alicyclic amines) is 1. The zero-order valence-electron chi connectivity index (χ0n) is 10.6. The molecule has 1 aliphatic rings. The Bertz CT molecular complexity index is 493. The molecule has 19 heavy (non-hydrogen) atoms. The zero-order valence-corrected chi connectivity index (χ0v) is 10.6. The third-order valence-corrected chi connectivity index (χ3v) is 3.05. The van der Waals surface area contributed by atoms with E-state index in [9.17, 15) is 14.0 Å². The molecular formula is C13H15FN2O3. The summed E-state index contributed by atoms with van der Waals surface area (Å²) in [6, 6.07) is 1.94. The molecule has 0 N–H and O–H groups in total. The Morgan fingerprint density at radius 2 is 2.37 bits per heavy atom. The molecule has 1 aromatic rings. The predicted molar refractivity (Wildman–Crippen MR) is 64.9 cm³/mol. The van der Waals surface area contributed by atoms with Gasteiger partial charge in [0.05, 0.1) is 6.61 Å². The number of nitrogens with zero attached hydrogens (tertiary/aromatic N) is 2. The van der Waals surface area contributed by atoms with Gasteiger partial charge < -0.3 is 9.64 Å². The first-order valence-corrected chi connectivity index (χ1v) is 6.22. The van der Waals surface area contributed by atoms with Crippen LogP contribution in [0.3, 0.4) is 0 Å². The zero-order chi connectivity index (χ0) is 13.8. The van der Waals surface area contributed by atoms with Crippen molar-refractivity contribution in [2.45, 2.75) is 25.8 Å². The third-order valence-electron chi connectivity index (χ3n) is 3.05. The van der Waals surface area contributed by atoms with Crippen molar-refractivity contribution in [3.8, 4) is 0 Å². The minimum absolute atomic E-state index is 0.198. The molecule has 1 aliphatic heterocycles. The van der Waals surface area contributed by atoms with Crippen molar-refractivity contribution >= 4 is 11.9 Å². The average Bonchev–Trinajstić information content (AvgIpc) is 2.87. The Kier molecular flexibility index (Phi) is 4.09. The van der Waals surface area contributed by atoms with E-state index in [-0.39, 0.29) is 18.1 Å². The van der Waals surface area contributed by atoms with Crippen LogP contribution in [0, 0.1) is 5.95 Å². The van der Waals surface area contributed by atoms with Crippen LogP contribution >= 0.6 is 0 Å². The summed E-state index contributed by atoms with van der Waals surface area (Å²) in [4.78, 5) is 28.8. The van der Waals surface area contributed by atoms with E-state index >= 15 is 0 Å². The summed E-state index contributed by atoms with van der Waals surface area (Å²) in [6.45, 7) is 2.48. The fraction of sp³-hybridized carbons (Fsp3) is 0.462. The molecule has 0 aliphatic carbocycles. The molecule has 0 spiro atoms. The maximum Gasteiger partial charge on any atom is 0.328 e. The molecule has 1 atom stereocenters. The third kappa shape index (κ3) is 2.89. The molecule has 2 heterocycles. The number of amides is 1. The van der Waals surface area contributed by atoms with E-state index in [0.29, 0.717) is 13.0 Å². The Morgan fingerprint density at radius 3 is 3.05 bits per heavy atom. The van der Waals surface area contributed by atoms with Gasteiger partial charge >= 0.3 is 5.97 Å². The summed E-state index contributed by atoms with van der Waals surface area (Å²) >= 11 is 0. The molecule has 6 heteroatoms. The molecule has 0 aromatic carbocycles.